The minimum Gasteiger partial charge on any atom is -0.504 e. The van der Waals surface area contributed by atoms with Crippen molar-refractivity contribution in [3.63, 3.8) is 0 Å². The van der Waals surface area contributed by atoms with Gasteiger partial charge in [-0.2, -0.15) is 5.10 Å². The van der Waals surface area contributed by atoms with Crippen LogP contribution in [0.25, 0.3) is 11.3 Å². The highest BCUT2D eigenvalue weighted by molar-refractivity contribution is 7.07. The van der Waals surface area contributed by atoms with Crippen LogP contribution in [0.4, 0.5) is 0 Å². The van der Waals surface area contributed by atoms with E-state index in [9.17, 15) is 10.2 Å². The summed E-state index contributed by atoms with van der Waals surface area (Å²) >= 11 is 1.60. The van der Waals surface area contributed by atoms with Crippen LogP contribution in [-0.4, -0.2) is 27.1 Å². The van der Waals surface area contributed by atoms with Gasteiger partial charge in [-0.25, -0.2) is 4.68 Å². The van der Waals surface area contributed by atoms with Crippen LogP contribution < -0.4 is 4.80 Å². The summed E-state index contributed by atoms with van der Waals surface area (Å²) in [5.74, 6) is -0.297. The lowest BCUT2D eigenvalue weighted by molar-refractivity contribution is 0.403. The van der Waals surface area contributed by atoms with E-state index in [0.717, 1.165) is 28.9 Å². The Labute approximate surface area is 174 Å². The first kappa shape index (κ1) is 19.5. The molecule has 29 heavy (non-hydrogen) atoms. The van der Waals surface area contributed by atoms with Crippen LogP contribution in [0.15, 0.2) is 57.9 Å². The number of hydrogen-bond donors (Lipinski definition) is 2. The summed E-state index contributed by atoms with van der Waals surface area (Å²) in [5.41, 5.74) is 4.00. The smallest absolute Gasteiger partial charge is 0.206 e. The summed E-state index contributed by atoms with van der Waals surface area (Å²) in [5, 5.41) is 26.1. The molecule has 0 spiro atoms. The van der Waals surface area contributed by atoms with Crippen LogP contribution in [0.3, 0.4) is 0 Å². The van der Waals surface area contributed by atoms with E-state index in [-0.39, 0.29) is 11.5 Å². The van der Waals surface area contributed by atoms with Gasteiger partial charge in [-0.15, -0.1) is 11.3 Å². The third kappa shape index (κ3) is 4.59. The zero-order chi connectivity index (χ0) is 20.2. The molecule has 3 aromatic rings. The molecule has 1 fully saturated rings. The van der Waals surface area contributed by atoms with Gasteiger partial charge in [0.25, 0.3) is 0 Å². The fourth-order valence-corrected chi connectivity index (χ4v) is 4.44. The van der Waals surface area contributed by atoms with Crippen molar-refractivity contribution in [2.75, 3.05) is 0 Å². The van der Waals surface area contributed by atoms with E-state index in [0.29, 0.717) is 11.6 Å². The lowest BCUT2D eigenvalue weighted by Crippen LogP contribution is -2.19. The number of phenols is 2. The number of thiazole rings is 1. The summed E-state index contributed by atoms with van der Waals surface area (Å²) in [7, 11) is 0. The molecular formula is C23H25N3O2S. The van der Waals surface area contributed by atoms with E-state index in [1.54, 1.807) is 23.6 Å². The monoisotopic (exact) mass is 407 g/mol. The average Bonchev–Trinajstić information content (AvgIpc) is 3.12. The van der Waals surface area contributed by atoms with Crippen LogP contribution >= 0.6 is 11.3 Å². The van der Waals surface area contributed by atoms with Gasteiger partial charge in [0.15, 0.2) is 11.5 Å². The van der Waals surface area contributed by atoms with Crippen molar-refractivity contribution in [1.29, 1.82) is 0 Å². The Hall–Kier alpha value is -2.86. The fraction of sp³-hybridized carbons (Fsp3) is 0.304. The second-order valence-corrected chi connectivity index (χ2v) is 8.33. The molecule has 0 bridgehead atoms. The number of aromatic nitrogens is 1. The topological polar surface area (TPSA) is 70.1 Å². The lowest BCUT2D eigenvalue weighted by atomic mass is 9.96. The molecule has 150 valence electrons. The van der Waals surface area contributed by atoms with Crippen molar-refractivity contribution < 1.29 is 10.2 Å². The predicted molar refractivity (Wildman–Crippen MR) is 118 cm³/mol. The third-order valence-electron chi connectivity index (χ3n) is 5.22. The van der Waals surface area contributed by atoms with Crippen molar-refractivity contribution in [3.05, 3.63) is 63.8 Å². The van der Waals surface area contributed by atoms with Gasteiger partial charge in [0.2, 0.25) is 4.80 Å². The van der Waals surface area contributed by atoms with Gasteiger partial charge in [0.05, 0.1) is 18.0 Å². The first-order valence-electron chi connectivity index (χ1n) is 9.98. The molecule has 1 aromatic heterocycles. The molecule has 0 radical (unpaired) electrons. The molecule has 4 rings (SSSR count). The van der Waals surface area contributed by atoms with Crippen LogP contribution in [0.2, 0.25) is 0 Å². The number of phenolic OH excluding ortho intramolecular Hbond substituents is 2. The maximum atomic E-state index is 9.75. The molecule has 0 unspecified atom stereocenters. The minimum absolute atomic E-state index is 0.140. The van der Waals surface area contributed by atoms with Crippen LogP contribution in [0, 0.1) is 6.92 Å². The Morgan fingerprint density at radius 3 is 2.48 bits per heavy atom. The third-order valence-corrected chi connectivity index (χ3v) is 6.05. The predicted octanol–water partition coefficient (Wildman–Crippen LogP) is 5.05. The Morgan fingerprint density at radius 2 is 1.76 bits per heavy atom. The van der Waals surface area contributed by atoms with Crippen LogP contribution in [-0.2, 0) is 0 Å². The largest absolute Gasteiger partial charge is 0.504 e. The van der Waals surface area contributed by atoms with E-state index in [1.807, 2.05) is 4.68 Å². The highest BCUT2D eigenvalue weighted by Crippen LogP contribution is 2.25. The summed E-state index contributed by atoms with van der Waals surface area (Å²) < 4.78 is 1.88. The van der Waals surface area contributed by atoms with Crippen molar-refractivity contribution >= 4 is 17.6 Å². The summed E-state index contributed by atoms with van der Waals surface area (Å²) in [6, 6.07) is 13.4. The van der Waals surface area contributed by atoms with Gasteiger partial charge in [-0.3, -0.25) is 4.99 Å². The number of benzene rings is 2. The van der Waals surface area contributed by atoms with E-state index >= 15 is 0 Å². The molecule has 6 heteroatoms. The summed E-state index contributed by atoms with van der Waals surface area (Å²) in [6.07, 6.45) is 7.72. The highest BCUT2D eigenvalue weighted by Gasteiger charge is 2.14. The Balaban J connectivity index is 1.76. The van der Waals surface area contributed by atoms with Crippen molar-refractivity contribution in [3.8, 4) is 22.8 Å². The fourth-order valence-electron chi connectivity index (χ4n) is 3.53. The van der Waals surface area contributed by atoms with E-state index < -0.39 is 0 Å². The summed E-state index contributed by atoms with van der Waals surface area (Å²) in [6.45, 7) is 2.07. The molecule has 1 aliphatic carbocycles. The maximum Gasteiger partial charge on any atom is 0.206 e. The zero-order valence-corrected chi connectivity index (χ0v) is 17.3. The quantitative estimate of drug-likeness (QED) is 0.469. The normalized spacial score (nSPS) is 16.0. The lowest BCUT2D eigenvalue weighted by Gasteiger charge is -2.16. The minimum atomic E-state index is -0.157. The molecule has 1 heterocycles. The molecule has 0 aliphatic heterocycles. The first-order chi connectivity index (χ1) is 14.1. The molecule has 2 aromatic carbocycles. The van der Waals surface area contributed by atoms with E-state index in [2.05, 4.69) is 41.7 Å². The molecule has 0 saturated heterocycles. The number of rotatable bonds is 4. The summed E-state index contributed by atoms with van der Waals surface area (Å²) in [4.78, 5) is 5.89. The van der Waals surface area contributed by atoms with Crippen LogP contribution in [0.5, 0.6) is 11.5 Å². The van der Waals surface area contributed by atoms with Gasteiger partial charge >= 0.3 is 0 Å². The second-order valence-electron chi connectivity index (χ2n) is 7.50. The standard InChI is InChI=1S/C23H25N3O2S/c1-16-7-10-18(11-8-16)20-15-29-23(25-19-5-3-2-4-6-19)26(20)24-14-17-9-12-21(27)22(28)13-17/h7-15,19,27-28H,2-6H2,1H3. The Bertz CT molecular complexity index is 1070. The van der Waals surface area contributed by atoms with Crippen molar-refractivity contribution in [1.82, 2.24) is 4.68 Å². The number of aromatic hydroxyl groups is 2. The van der Waals surface area contributed by atoms with Gasteiger partial charge in [0.1, 0.15) is 0 Å². The Morgan fingerprint density at radius 1 is 1.00 bits per heavy atom. The number of nitrogens with zero attached hydrogens (tertiary/aromatic N) is 3. The molecule has 5 nitrogen and oxygen atoms in total. The first-order valence-corrected chi connectivity index (χ1v) is 10.9. The van der Waals surface area contributed by atoms with Crippen LogP contribution in [0.1, 0.15) is 43.2 Å². The SMILES string of the molecule is Cc1ccc(-c2csc(=NC3CCCCC3)n2N=Cc2ccc(O)c(O)c2)cc1. The second kappa shape index (κ2) is 8.66. The van der Waals surface area contributed by atoms with Gasteiger partial charge in [-0.1, -0.05) is 49.1 Å². The van der Waals surface area contributed by atoms with Gasteiger partial charge in [0, 0.05) is 10.9 Å². The van der Waals surface area contributed by atoms with Crippen molar-refractivity contribution in [2.45, 2.75) is 45.1 Å². The van der Waals surface area contributed by atoms with E-state index in [1.165, 1.54) is 37.0 Å². The molecule has 2 N–H and O–H groups in total. The molecule has 0 amide bonds. The number of aryl methyl sites for hydroxylation is 1. The van der Waals surface area contributed by atoms with Gasteiger partial charge in [-0.05, 0) is 43.5 Å². The van der Waals surface area contributed by atoms with Crippen molar-refractivity contribution in [2.24, 2.45) is 10.1 Å². The van der Waals surface area contributed by atoms with Gasteiger partial charge < -0.3 is 10.2 Å². The Kier molecular flexibility index (Phi) is 5.81. The average molecular weight is 408 g/mol. The molecule has 0 atom stereocenters. The highest BCUT2D eigenvalue weighted by atomic mass is 32.1. The van der Waals surface area contributed by atoms with E-state index in [4.69, 9.17) is 4.99 Å². The molecule has 1 aliphatic rings. The number of hydrogen-bond acceptors (Lipinski definition) is 5. The zero-order valence-electron chi connectivity index (χ0n) is 16.5. The molecule has 1 saturated carbocycles. The molecular weight excluding hydrogens is 382 g/mol. The maximum absolute atomic E-state index is 9.75.